The Balaban J connectivity index is 2.18. The van der Waals surface area contributed by atoms with Gasteiger partial charge in [0.1, 0.15) is 0 Å². The molecular weight excluding hydrogens is 238 g/mol. The highest BCUT2D eigenvalue weighted by Gasteiger charge is 2.33. The highest BCUT2D eigenvalue weighted by molar-refractivity contribution is 6.05. The number of fused-ring (bicyclic) bond motifs is 1. The maximum absolute atomic E-state index is 12.0. The number of ketones is 1. The number of carbonyl (C=O) groups is 1. The van der Waals surface area contributed by atoms with Gasteiger partial charge in [-0.05, 0) is 37.1 Å². The monoisotopic (exact) mass is 253 g/mol. The summed E-state index contributed by atoms with van der Waals surface area (Å²) >= 11 is 0. The minimum atomic E-state index is -1.14. The molecule has 3 rings (SSSR count). The summed E-state index contributed by atoms with van der Waals surface area (Å²) in [5, 5.41) is 10.5. The molecule has 19 heavy (non-hydrogen) atoms. The molecule has 2 heterocycles. The van der Waals surface area contributed by atoms with Crippen LogP contribution in [0.2, 0.25) is 0 Å². The van der Waals surface area contributed by atoms with Crippen LogP contribution in [0.15, 0.2) is 54.2 Å². The Morgan fingerprint density at radius 2 is 1.84 bits per heavy atom. The van der Waals surface area contributed by atoms with Crippen molar-refractivity contribution in [1.82, 2.24) is 4.57 Å². The normalized spacial score (nSPS) is 22.1. The Bertz CT molecular complexity index is 678. The maximum atomic E-state index is 12.0. The number of allylic oxidation sites excluding steroid dienone is 1. The fourth-order valence-electron chi connectivity index (χ4n) is 2.40. The summed E-state index contributed by atoms with van der Waals surface area (Å²) < 4.78 is 1.65. The summed E-state index contributed by atoms with van der Waals surface area (Å²) in [6, 6.07) is 11.7. The second kappa shape index (κ2) is 3.93. The molecule has 0 amide bonds. The van der Waals surface area contributed by atoms with E-state index in [1.807, 2.05) is 42.6 Å². The van der Waals surface area contributed by atoms with Gasteiger partial charge in [0.2, 0.25) is 5.78 Å². The van der Waals surface area contributed by atoms with Gasteiger partial charge >= 0.3 is 0 Å². The number of aromatic nitrogens is 1. The smallest absolute Gasteiger partial charge is 0.202 e. The lowest BCUT2D eigenvalue weighted by Crippen LogP contribution is -2.36. The van der Waals surface area contributed by atoms with Gasteiger partial charge in [0.05, 0.1) is 5.69 Å². The van der Waals surface area contributed by atoms with Crippen LogP contribution < -0.4 is 0 Å². The highest BCUT2D eigenvalue weighted by atomic mass is 16.3. The van der Waals surface area contributed by atoms with Gasteiger partial charge in [0.15, 0.2) is 5.72 Å². The number of nitrogens with zero attached hydrogens (tertiary/aromatic N) is 1. The molecule has 1 aromatic carbocycles. The zero-order chi connectivity index (χ0) is 13.6. The third-order valence-corrected chi connectivity index (χ3v) is 3.74. The number of rotatable bonds is 1. The first-order valence-corrected chi connectivity index (χ1v) is 6.24. The molecule has 0 saturated carbocycles. The predicted molar refractivity (Wildman–Crippen MR) is 73.8 cm³/mol. The maximum Gasteiger partial charge on any atom is 0.202 e. The Labute approximate surface area is 111 Å². The molecule has 1 aromatic heterocycles. The third-order valence-electron chi connectivity index (χ3n) is 3.74. The summed E-state index contributed by atoms with van der Waals surface area (Å²) in [7, 11) is 0. The molecule has 1 N–H and O–H groups in total. The van der Waals surface area contributed by atoms with Gasteiger partial charge in [-0.1, -0.05) is 30.3 Å². The van der Waals surface area contributed by atoms with E-state index in [1.54, 1.807) is 18.4 Å². The van der Waals surface area contributed by atoms with Crippen LogP contribution in [0.1, 0.15) is 24.3 Å². The van der Waals surface area contributed by atoms with Crippen LogP contribution in [0.4, 0.5) is 0 Å². The first kappa shape index (κ1) is 11.9. The Kier molecular flexibility index (Phi) is 2.47. The van der Waals surface area contributed by atoms with Crippen molar-refractivity contribution < 1.29 is 9.90 Å². The lowest BCUT2D eigenvalue weighted by atomic mass is 9.99. The number of carbonyl (C=O) groups excluding carboxylic acids is 1. The summed E-state index contributed by atoms with van der Waals surface area (Å²) in [4.78, 5) is 12.0. The lowest BCUT2D eigenvalue weighted by Gasteiger charge is -2.31. The van der Waals surface area contributed by atoms with E-state index in [9.17, 15) is 9.90 Å². The quantitative estimate of drug-likeness (QED) is 0.849. The lowest BCUT2D eigenvalue weighted by molar-refractivity contribution is 0.0158. The van der Waals surface area contributed by atoms with Crippen molar-refractivity contribution in [1.29, 1.82) is 0 Å². The fraction of sp³-hybridized carbons (Fsp3) is 0.188. The van der Waals surface area contributed by atoms with Crippen LogP contribution >= 0.6 is 0 Å². The summed E-state index contributed by atoms with van der Waals surface area (Å²) in [6.07, 6.45) is 3.34. The van der Waals surface area contributed by atoms with Crippen LogP contribution in [0.5, 0.6) is 0 Å². The molecule has 1 aliphatic heterocycles. The summed E-state index contributed by atoms with van der Waals surface area (Å²) in [6.45, 7) is 3.46. The second-order valence-electron chi connectivity index (χ2n) is 5.06. The van der Waals surface area contributed by atoms with Gasteiger partial charge < -0.3 is 9.67 Å². The van der Waals surface area contributed by atoms with E-state index in [2.05, 4.69) is 0 Å². The molecule has 3 nitrogen and oxygen atoms in total. The number of benzene rings is 1. The molecule has 0 bridgehead atoms. The van der Waals surface area contributed by atoms with Crippen LogP contribution in [-0.2, 0) is 5.72 Å². The second-order valence-corrected chi connectivity index (χ2v) is 5.06. The first-order chi connectivity index (χ1) is 9.00. The molecule has 0 spiro atoms. The zero-order valence-electron chi connectivity index (χ0n) is 10.9. The van der Waals surface area contributed by atoms with Crippen molar-refractivity contribution in [2.75, 3.05) is 0 Å². The minimum absolute atomic E-state index is 0.0637. The van der Waals surface area contributed by atoms with Crippen molar-refractivity contribution in [2.24, 2.45) is 0 Å². The van der Waals surface area contributed by atoms with E-state index >= 15 is 0 Å². The Hall–Kier alpha value is -2.13. The molecule has 0 saturated heterocycles. The topological polar surface area (TPSA) is 42.2 Å². The molecule has 96 valence electrons. The first-order valence-electron chi connectivity index (χ1n) is 6.24. The third kappa shape index (κ3) is 1.74. The van der Waals surface area contributed by atoms with Gasteiger partial charge in [-0.2, -0.15) is 0 Å². The van der Waals surface area contributed by atoms with Crippen LogP contribution in [0.3, 0.4) is 0 Å². The molecule has 3 heteroatoms. The average molecular weight is 253 g/mol. The number of hydrogen-bond acceptors (Lipinski definition) is 2. The van der Waals surface area contributed by atoms with E-state index < -0.39 is 5.72 Å². The van der Waals surface area contributed by atoms with Gasteiger partial charge in [-0.25, -0.2) is 0 Å². The molecular formula is C16H15NO2. The molecule has 0 radical (unpaired) electrons. The van der Waals surface area contributed by atoms with Gasteiger partial charge in [-0.15, -0.1) is 0 Å². The fourth-order valence-corrected chi connectivity index (χ4v) is 2.40. The Morgan fingerprint density at radius 3 is 2.53 bits per heavy atom. The van der Waals surface area contributed by atoms with Crippen LogP contribution in [0, 0.1) is 0 Å². The van der Waals surface area contributed by atoms with E-state index in [-0.39, 0.29) is 5.78 Å². The van der Waals surface area contributed by atoms with E-state index in [1.165, 1.54) is 6.08 Å². The van der Waals surface area contributed by atoms with E-state index in [4.69, 9.17) is 0 Å². The number of aliphatic hydroxyl groups is 1. The largest absolute Gasteiger partial charge is 0.367 e. The van der Waals surface area contributed by atoms with E-state index in [0.29, 0.717) is 11.3 Å². The van der Waals surface area contributed by atoms with Gasteiger partial charge in [0.25, 0.3) is 0 Å². The van der Waals surface area contributed by atoms with Crippen molar-refractivity contribution >= 4 is 5.78 Å². The van der Waals surface area contributed by atoms with Gasteiger partial charge in [0, 0.05) is 11.8 Å². The molecule has 1 atom stereocenters. The van der Waals surface area contributed by atoms with Crippen molar-refractivity contribution in [3.8, 4) is 11.1 Å². The minimum Gasteiger partial charge on any atom is -0.367 e. The number of hydrogen-bond donors (Lipinski definition) is 1. The summed E-state index contributed by atoms with van der Waals surface area (Å²) in [5.74, 6) is -0.0637. The van der Waals surface area contributed by atoms with Crippen molar-refractivity contribution in [3.63, 3.8) is 0 Å². The molecule has 0 aliphatic carbocycles. The zero-order valence-corrected chi connectivity index (χ0v) is 10.9. The average Bonchev–Trinajstić information content (AvgIpc) is 2.84. The summed E-state index contributed by atoms with van der Waals surface area (Å²) in [5.41, 5.74) is 2.00. The van der Waals surface area contributed by atoms with Crippen molar-refractivity contribution in [2.45, 2.75) is 19.6 Å². The van der Waals surface area contributed by atoms with Gasteiger partial charge in [-0.3, -0.25) is 4.79 Å². The molecule has 2 aromatic rings. The molecule has 1 aliphatic rings. The van der Waals surface area contributed by atoms with Crippen molar-refractivity contribution in [3.05, 3.63) is 59.9 Å². The molecule has 1 unspecified atom stereocenters. The van der Waals surface area contributed by atoms with Crippen LogP contribution in [-0.4, -0.2) is 15.5 Å². The van der Waals surface area contributed by atoms with E-state index in [0.717, 1.165) is 11.1 Å². The highest BCUT2D eigenvalue weighted by Crippen LogP contribution is 2.33. The predicted octanol–water partition coefficient (Wildman–Crippen LogP) is 2.96. The Morgan fingerprint density at radius 1 is 1.16 bits per heavy atom. The molecule has 0 fully saturated rings. The standard InChI is InChI=1S/C16H15NO2/c1-11-8-15(18)14-9-13(10-17(14)16(11,2)19)12-6-4-3-5-7-12/h3-10,19H,1-2H3. The SMILES string of the molecule is CC1=CC(=O)c2cc(-c3ccccc3)cn2C1(C)O. The van der Waals surface area contributed by atoms with Crippen LogP contribution in [0.25, 0.3) is 11.1 Å².